The van der Waals surface area contributed by atoms with Crippen molar-refractivity contribution in [2.75, 3.05) is 18.5 Å². The number of carbonyl (C=O) groups is 3. The highest BCUT2D eigenvalue weighted by molar-refractivity contribution is 6.00. The normalized spacial score (nSPS) is 13.0. The van der Waals surface area contributed by atoms with E-state index in [-0.39, 0.29) is 36.3 Å². The number of rotatable bonds is 9. The molecule has 1 atom stereocenters. The quantitative estimate of drug-likeness (QED) is 0.418. The van der Waals surface area contributed by atoms with Gasteiger partial charge in [-0.3, -0.25) is 14.9 Å². The first kappa shape index (κ1) is 23.1. The molecule has 1 aliphatic carbocycles. The molecule has 3 aromatic rings. The van der Waals surface area contributed by atoms with Gasteiger partial charge in [0.15, 0.2) is 0 Å². The first-order valence-electron chi connectivity index (χ1n) is 11.1. The van der Waals surface area contributed by atoms with Gasteiger partial charge in [0.1, 0.15) is 6.61 Å². The Hall–Kier alpha value is -4.07. The van der Waals surface area contributed by atoms with E-state index in [1.54, 1.807) is 6.92 Å². The van der Waals surface area contributed by atoms with Crippen LogP contribution in [0.2, 0.25) is 0 Å². The van der Waals surface area contributed by atoms with Crippen molar-refractivity contribution < 1.29 is 28.6 Å². The molecule has 0 radical (unpaired) electrons. The monoisotopic (exact) mass is 462 g/mol. The molecule has 0 saturated heterocycles. The number of carboxylic acids is 1. The lowest BCUT2D eigenvalue weighted by atomic mass is 9.98. The van der Waals surface area contributed by atoms with E-state index >= 15 is 0 Å². The topological polar surface area (TPSA) is 118 Å². The number of benzene rings is 2. The zero-order chi connectivity index (χ0) is 24.1. The number of carboxylic acid groups (broad SMARTS) is 1. The lowest BCUT2D eigenvalue weighted by Gasteiger charge is -2.14. The third-order valence-corrected chi connectivity index (χ3v) is 5.90. The summed E-state index contributed by atoms with van der Waals surface area (Å²) in [6, 6.07) is 17.6. The van der Waals surface area contributed by atoms with Gasteiger partial charge in [0, 0.05) is 24.9 Å². The van der Waals surface area contributed by atoms with Crippen molar-refractivity contribution in [3.05, 3.63) is 77.7 Å². The number of nitrogens with one attached hydrogen (secondary N) is 2. The highest BCUT2D eigenvalue weighted by atomic mass is 16.5. The molecule has 0 fully saturated rings. The molecule has 2 aromatic carbocycles. The van der Waals surface area contributed by atoms with E-state index in [0.29, 0.717) is 13.0 Å². The number of hydrogen-bond donors (Lipinski definition) is 3. The number of ether oxygens (including phenoxy) is 1. The summed E-state index contributed by atoms with van der Waals surface area (Å²) in [5.74, 6) is -1.56. The Labute approximate surface area is 196 Å². The molecule has 1 aromatic heterocycles. The number of anilines is 1. The zero-order valence-corrected chi connectivity index (χ0v) is 18.7. The minimum atomic E-state index is -0.876. The molecule has 176 valence electrons. The minimum Gasteiger partial charge on any atom is -0.481 e. The van der Waals surface area contributed by atoms with Crippen LogP contribution >= 0.6 is 0 Å². The highest BCUT2D eigenvalue weighted by Crippen LogP contribution is 2.44. The Morgan fingerprint density at radius 1 is 1.03 bits per heavy atom. The molecule has 1 aliphatic rings. The molecule has 34 heavy (non-hydrogen) atoms. The van der Waals surface area contributed by atoms with Crippen molar-refractivity contribution in [3.63, 3.8) is 0 Å². The maximum absolute atomic E-state index is 12.5. The van der Waals surface area contributed by atoms with Gasteiger partial charge >= 0.3 is 12.1 Å². The van der Waals surface area contributed by atoms with Crippen molar-refractivity contribution in [1.82, 2.24) is 5.32 Å². The molecule has 1 heterocycles. The molecular weight excluding hydrogens is 436 g/mol. The average Bonchev–Trinajstić information content (AvgIpc) is 3.39. The fourth-order valence-electron chi connectivity index (χ4n) is 4.24. The van der Waals surface area contributed by atoms with Crippen molar-refractivity contribution in [2.45, 2.75) is 25.7 Å². The van der Waals surface area contributed by atoms with Crippen molar-refractivity contribution in [3.8, 4) is 11.1 Å². The standard InChI is InChI=1S/C26H26N2O6/c1-16(14-23(29)30)10-12-27-25(31)24-22(11-13-33-24)28-26(32)34-15-21-19-8-4-2-6-17(19)18-7-3-5-9-20(18)21/h2-9,11,13,16,21H,10,12,14-15H2,1H3,(H,27,31)(H,28,32)(H,29,30). The summed E-state index contributed by atoms with van der Waals surface area (Å²) in [6.07, 6.45) is 1.16. The van der Waals surface area contributed by atoms with Gasteiger partial charge < -0.3 is 19.6 Å². The molecule has 0 saturated carbocycles. The van der Waals surface area contributed by atoms with Crippen molar-refractivity contribution >= 4 is 23.7 Å². The van der Waals surface area contributed by atoms with Crippen LogP contribution in [0.4, 0.5) is 10.5 Å². The second kappa shape index (κ2) is 10.2. The molecule has 8 nitrogen and oxygen atoms in total. The number of amides is 2. The Balaban J connectivity index is 1.33. The van der Waals surface area contributed by atoms with Crippen LogP contribution < -0.4 is 10.6 Å². The van der Waals surface area contributed by atoms with Crippen LogP contribution in [0, 0.1) is 5.92 Å². The average molecular weight is 463 g/mol. The molecule has 0 spiro atoms. The Morgan fingerprint density at radius 3 is 2.32 bits per heavy atom. The number of furan rings is 1. The second-order valence-corrected chi connectivity index (χ2v) is 8.36. The Morgan fingerprint density at radius 2 is 1.68 bits per heavy atom. The number of carbonyl (C=O) groups excluding carboxylic acids is 2. The lowest BCUT2D eigenvalue weighted by molar-refractivity contribution is -0.138. The van der Waals surface area contributed by atoms with Crippen LogP contribution in [0.1, 0.15) is 47.4 Å². The highest BCUT2D eigenvalue weighted by Gasteiger charge is 2.29. The van der Waals surface area contributed by atoms with Gasteiger partial charge in [-0.2, -0.15) is 0 Å². The Kier molecular flexibility index (Phi) is 6.96. The molecule has 8 heteroatoms. The summed E-state index contributed by atoms with van der Waals surface area (Å²) in [7, 11) is 0. The van der Waals surface area contributed by atoms with Crippen LogP contribution in [-0.2, 0) is 9.53 Å². The fourth-order valence-corrected chi connectivity index (χ4v) is 4.24. The smallest absolute Gasteiger partial charge is 0.411 e. The molecule has 4 rings (SSSR count). The van der Waals surface area contributed by atoms with E-state index in [4.69, 9.17) is 14.3 Å². The molecule has 1 unspecified atom stereocenters. The van der Waals surface area contributed by atoms with Gasteiger partial charge in [-0.15, -0.1) is 0 Å². The summed E-state index contributed by atoms with van der Waals surface area (Å²) in [6.45, 7) is 2.25. The van der Waals surface area contributed by atoms with E-state index in [0.717, 1.165) is 22.3 Å². The van der Waals surface area contributed by atoms with Gasteiger partial charge in [0.05, 0.1) is 12.0 Å². The van der Waals surface area contributed by atoms with E-state index in [2.05, 4.69) is 22.8 Å². The molecule has 0 aliphatic heterocycles. The van der Waals surface area contributed by atoms with E-state index in [1.165, 1.54) is 12.3 Å². The van der Waals surface area contributed by atoms with E-state index in [9.17, 15) is 14.4 Å². The van der Waals surface area contributed by atoms with Gasteiger partial charge in [-0.1, -0.05) is 55.5 Å². The molecule has 0 bridgehead atoms. The molecule has 2 amide bonds. The van der Waals surface area contributed by atoms with Gasteiger partial charge in [-0.05, 0) is 34.6 Å². The van der Waals surface area contributed by atoms with E-state index < -0.39 is 18.0 Å². The number of aliphatic carboxylic acids is 1. The number of hydrogen-bond acceptors (Lipinski definition) is 5. The maximum Gasteiger partial charge on any atom is 0.411 e. The predicted octanol–water partition coefficient (Wildman–Crippen LogP) is 4.87. The van der Waals surface area contributed by atoms with Crippen LogP contribution in [-0.4, -0.2) is 36.2 Å². The largest absolute Gasteiger partial charge is 0.481 e. The third-order valence-electron chi connectivity index (χ3n) is 5.90. The first-order valence-corrected chi connectivity index (χ1v) is 11.1. The zero-order valence-electron chi connectivity index (χ0n) is 18.7. The van der Waals surface area contributed by atoms with Gasteiger partial charge in [0.25, 0.3) is 5.91 Å². The van der Waals surface area contributed by atoms with E-state index in [1.807, 2.05) is 36.4 Å². The minimum absolute atomic E-state index is 0.0329. The van der Waals surface area contributed by atoms with Crippen LogP contribution in [0.25, 0.3) is 11.1 Å². The van der Waals surface area contributed by atoms with Crippen molar-refractivity contribution in [2.24, 2.45) is 5.92 Å². The lowest BCUT2D eigenvalue weighted by Crippen LogP contribution is -2.27. The molecular formula is C26H26N2O6. The SMILES string of the molecule is CC(CCNC(=O)c1occc1NC(=O)OCC1c2ccccc2-c2ccccc21)CC(=O)O. The fraction of sp³-hybridized carbons (Fsp3) is 0.269. The predicted molar refractivity (Wildman–Crippen MR) is 126 cm³/mol. The first-order chi connectivity index (χ1) is 16.4. The summed E-state index contributed by atoms with van der Waals surface area (Å²) in [4.78, 5) is 35.7. The summed E-state index contributed by atoms with van der Waals surface area (Å²) < 4.78 is 10.8. The summed E-state index contributed by atoms with van der Waals surface area (Å²) in [5, 5.41) is 14.1. The number of fused-ring (bicyclic) bond motifs is 3. The second-order valence-electron chi connectivity index (χ2n) is 8.36. The van der Waals surface area contributed by atoms with Crippen LogP contribution in [0.5, 0.6) is 0 Å². The Bertz CT molecular complexity index is 1160. The van der Waals surface area contributed by atoms with Gasteiger partial charge in [-0.25, -0.2) is 4.79 Å². The maximum atomic E-state index is 12.5. The van der Waals surface area contributed by atoms with Crippen LogP contribution in [0.3, 0.4) is 0 Å². The van der Waals surface area contributed by atoms with Gasteiger partial charge in [0.2, 0.25) is 5.76 Å². The third kappa shape index (κ3) is 5.11. The van der Waals surface area contributed by atoms with Crippen LogP contribution in [0.15, 0.2) is 65.3 Å². The summed E-state index contributed by atoms with van der Waals surface area (Å²) >= 11 is 0. The van der Waals surface area contributed by atoms with Crippen molar-refractivity contribution in [1.29, 1.82) is 0 Å². The molecule has 3 N–H and O–H groups in total. The summed E-state index contributed by atoms with van der Waals surface area (Å²) in [5.41, 5.74) is 4.69.